The monoisotopic (exact) mass is 311 g/mol. The maximum Gasteiger partial charge on any atom is 0.0758 e. The van der Waals surface area contributed by atoms with Crippen LogP contribution < -0.4 is 5.73 Å². The van der Waals surface area contributed by atoms with Crippen LogP contribution >= 0.6 is 43.2 Å². The normalized spacial score (nSPS) is 13.3. The van der Waals surface area contributed by atoms with Gasteiger partial charge in [-0.3, -0.25) is 0 Å². The smallest absolute Gasteiger partial charge is 0.0758 e. The van der Waals surface area contributed by atoms with Crippen molar-refractivity contribution in [3.63, 3.8) is 0 Å². The Kier molecular flexibility index (Phi) is 4.23. The van der Waals surface area contributed by atoms with E-state index in [1.165, 1.54) is 5.56 Å². The van der Waals surface area contributed by atoms with E-state index in [4.69, 9.17) is 5.73 Å². The highest BCUT2D eigenvalue weighted by atomic mass is 79.9. The van der Waals surface area contributed by atoms with Gasteiger partial charge in [0.25, 0.3) is 0 Å². The van der Waals surface area contributed by atoms with Crippen LogP contribution in [-0.2, 0) is 0 Å². The molecule has 1 atom stereocenters. The molecule has 68 valence electrons. The van der Waals surface area contributed by atoms with Gasteiger partial charge in [0.1, 0.15) is 0 Å². The zero-order chi connectivity index (χ0) is 9.14. The second-order valence-corrected chi connectivity index (χ2v) is 6.42. The Labute approximate surface area is 93.6 Å². The molecule has 1 heterocycles. The predicted octanol–water partition coefficient (Wildman–Crippen LogP) is 4.07. The molecular weight excluding hydrogens is 302 g/mol. The highest BCUT2D eigenvalue weighted by Gasteiger charge is 2.11. The van der Waals surface area contributed by atoms with E-state index < -0.39 is 0 Å². The summed E-state index contributed by atoms with van der Waals surface area (Å²) in [5, 5.41) is 0. The van der Waals surface area contributed by atoms with Gasteiger partial charge >= 0.3 is 0 Å². The summed E-state index contributed by atoms with van der Waals surface area (Å²) in [7, 11) is 0. The first kappa shape index (κ1) is 10.7. The molecule has 0 aromatic carbocycles. The first-order chi connectivity index (χ1) is 5.65. The third-order valence-corrected chi connectivity index (χ3v) is 4.07. The molecule has 0 saturated heterocycles. The van der Waals surface area contributed by atoms with E-state index in [0.717, 1.165) is 20.4 Å². The molecule has 12 heavy (non-hydrogen) atoms. The van der Waals surface area contributed by atoms with E-state index in [1.807, 2.05) is 0 Å². The summed E-state index contributed by atoms with van der Waals surface area (Å²) in [5.41, 5.74) is 7.19. The van der Waals surface area contributed by atoms with E-state index in [1.54, 1.807) is 11.3 Å². The summed E-state index contributed by atoms with van der Waals surface area (Å²) in [4.78, 5) is 0. The molecule has 0 aliphatic carbocycles. The Morgan fingerprint density at radius 3 is 2.67 bits per heavy atom. The molecular formula is C8H11Br2NS. The van der Waals surface area contributed by atoms with E-state index in [0.29, 0.717) is 0 Å². The van der Waals surface area contributed by atoms with E-state index in [-0.39, 0.29) is 6.04 Å². The van der Waals surface area contributed by atoms with Crippen LogP contribution in [0.2, 0.25) is 0 Å². The lowest BCUT2D eigenvalue weighted by Crippen LogP contribution is -2.08. The van der Waals surface area contributed by atoms with Gasteiger partial charge in [0, 0.05) is 6.04 Å². The van der Waals surface area contributed by atoms with Crippen molar-refractivity contribution in [1.29, 1.82) is 0 Å². The lowest BCUT2D eigenvalue weighted by atomic mass is 10.1. The molecule has 0 saturated carbocycles. The van der Waals surface area contributed by atoms with Gasteiger partial charge in [-0.25, -0.2) is 0 Å². The molecule has 0 aliphatic rings. The van der Waals surface area contributed by atoms with Crippen molar-refractivity contribution in [1.82, 2.24) is 0 Å². The van der Waals surface area contributed by atoms with Crippen molar-refractivity contribution in [2.24, 2.45) is 5.73 Å². The molecule has 4 heteroatoms. The summed E-state index contributed by atoms with van der Waals surface area (Å²) in [5.74, 6) is 0. The summed E-state index contributed by atoms with van der Waals surface area (Å²) in [6.45, 7) is 2.15. The number of hydrogen-bond acceptors (Lipinski definition) is 2. The minimum absolute atomic E-state index is 0.173. The van der Waals surface area contributed by atoms with Gasteiger partial charge < -0.3 is 5.73 Å². The molecule has 0 bridgehead atoms. The second-order valence-electron chi connectivity index (χ2n) is 2.67. The molecule has 1 rings (SSSR count). The number of nitrogens with two attached hydrogens (primary N) is 1. The third kappa shape index (κ3) is 2.55. The standard InChI is InChI=1S/C8H11Br2NS/c1-2-3-6(11)5-4-7(9)12-8(5)10/h4,6H,2-3,11H2,1H3. The molecule has 1 aromatic rings. The summed E-state index contributed by atoms with van der Waals surface area (Å²) in [6, 6.07) is 2.27. The Morgan fingerprint density at radius 2 is 2.25 bits per heavy atom. The van der Waals surface area contributed by atoms with Gasteiger partial charge in [-0.15, -0.1) is 11.3 Å². The van der Waals surface area contributed by atoms with Gasteiger partial charge in [0.05, 0.1) is 7.57 Å². The molecule has 0 aliphatic heterocycles. The van der Waals surface area contributed by atoms with Gasteiger partial charge in [-0.2, -0.15) is 0 Å². The first-order valence-corrected chi connectivity index (χ1v) is 6.25. The zero-order valence-electron chi connectivity index (χ0n) is 6.81. The number of hydrogen-bond donors (Lipinski definition) is 1. The van der Waals surface area contributed by atoms with Crippen LogP contribution in [-0.4, -0.2) is 0 Å². The fourth-order valence-electron chi connectivity index (χ4n) is 1.07. The van der Waals surface area contributed by atoms with Crippen LogP contribution in [0.3, 0.4) is 0 Å². The molecule has 0 amide bonds. The van der Waals surface area contributed by atoms with Crippen molar-refractivity contribution >= 4 is 43.2 Å². The van der Waals surface area contributed by atoms with E-state index in [2.05, 4.69) is 44.8 Å². The molecule has 1 aromatic heterocycles. The first-order valence-electron chi connectivity index (χ1n) is 3.85. The average Bonchev–Trinajstić information content (AvgIpc) is 2.30. The van der Waals surface area contributed by atoms with Crippen LogP contribution in [0.1, 0.15) is 31.4 Å². The van der Waals surface area contributed by atoms with Gasteiger partial charge in [-0.05, 0) is 49.9 Å². The van der Waals surface area contributed by atoms with Crippen LogP contribution in [0.15, 0.2) is 13.6 Å². The largest absolute Gasteiger partial charge is 0.324 e. The summed E-state index contributed by atoms with van der Waals surface area (Å²) in [6.07, 6.45) is 2.17. The summed E-state index contributed by atoms with van der Waals surface area (Å²) < 4.78 is 2.28. The van der Waals surface area contributed by atoms with Gasteiger partial charge in [0.15, 0.2) is 0 Å². The summed E-state index contributed by atoms with van der Waals surface area (Å²) >= 11 is 8.61. The van der Waals surface area contributed by atoms with Crippen molar-refractivity contribution in [2.45, 2.75) is 25.8 Å². The van der Waals surface area contributed by atoms with E-state index >= 15 is 0 Å². The molecule has 2 N–H and O–H groups in total. The lowest BCUT2D eigenvalue weighted by Gasteiger charge is -2.08. The molecule has 1 nitrogen and oxygen atoms in total. The quantitative estimate of drug-likeness (QED) is 0.894. The van der Waals surface area contributed by atoms with Crippen molar-refractivity contribution in [3.8, 4) is 0 Å². The zero-order valence-corrected chi connectivity index (χ0v) is 10.8. The fourth-order valence-corrected chi connectivity index (χ4v) is 4.07. The highest BCUT2D eigenvalue weighted by Crippen LogP contribution is 2.35. The van der Waals surface area contributed by atoms with Crippen LogP contribution in [0.25, 0.3) is 0 Å². The van der Waals surface area contributed by atoms with Crippen molar-refractivity contribution in [2.75, 3.05) is 0 Å². The maximum absolute atomic E-state index is 5.98. The highest BCUT2D eigenvalue weighted by molar-refractivity contribution is 9.12. The molecule has 0 fully saturated rings. The van der Waals surface area contributed by atoms with Crippen LogP contribution in [0.5, 0.6) is 0 Å². The van der Waals surface area contributed by atoms with Crippen molar-refractivity contribution < 1.29 is 0 Å². The Morgan fingerprint density at radius 1 is 1.58 bits per heavy atom. The van der Waals surface area contributed by atoms with Gasteiger partial charge in [0.2, 0.25) is 0 Å². The minimum atomic E-state index is 0.173. The SMILES string of the molecule is CCCC(N)c1cc(Br)sc1Br. The fraction of sp³-hybridized carbons (Fsp3) is 0.500. The average molecular weight is 313 g/mol. The van der Waals surface area contributed by atoms with Crippen LogP contribution in [0.4, 0.5) is 0 Å². The van der Waals surface area contributed by atoms with Gasteiger partial charge in [-0.1, -0.05) is 13.3 Å². The predicted molar refractivity (Wildman–Crippen MR) is 61.6 cm³/mol. The lowest BCUT2D eigenvalue weighted by molar-refractivity contribution is 0.638. The Hall–Kier alpha value is 0.620. The third-order valence-electron chi connectivity index (χ3n) is 1.68. The van der Waals surface area contributed by atoms with Crippen molar-refractivity contribution in [3.05, 3.63) is 19.2 Å². The van der Waals surface area contributed by atoms with Crippen LogP contribution in [0, 0.1) is 0 Å². The number of thiophene rings is 1. The Bertz CT molecular complexity index is 260. The van der Waals surface area contributed by atoms with E-state index in [9.17, 15) is 0 Å². The number of rotatable bonds is 3. The maximum atomic E-state index is 5.98. The molecule has 1 unspecified atom stereocenters. The second kappa shape index (κ2) is 4.74. The number of halogens is 2. The Balaban J connectivity index is 2.79. The molecule has 0 spiro atoms. The minimum Gasteiger partial charge on any atom is -0.324 e. The topological polar surface area (TPSA) is 26.0 Å². The molecule has 0 radical (unpaired) electrons.